The number of aromatic nitrogens is 1. The zero-order valence-electron chi connectivity index (χ0n) is 19.7. The average molecular weight is 474 g/mol. The Labute approximate surface area is 210 Å². The van der Waals surface area contributed by atoms with Gasteiger partial charge in [0.2, 0.25) is 0 Å². The summed E-state index contributed by atoms with van der Waals surface area (Å²) in [6, 6.07) is 40.5. The zero-order chi connectivity index (χ0) is 24.1. The van der Waals surface area contributed by atoms with Gasteiger partial charge >= 0.3 is 0 Å². The van der Waals surface area contributed by atoms with E-state index in [1.165, 1.54) is 27.1 Å². The Morgan fingerprint density at radius 1 is 0.405 bits per heavy atom. The van der Waals surface area contributed by atoms with Crippen LogP contribution < -0.4 is 0 Å². The van der Waals surface area contributed by atoms with Crippen molar-refractivity contribution in [2.24, 2.45) is 0 Å². The van der Waals surface area contributed by atoms with E-state index in [1.807, 2.05) is 24.3 Å². The maximum absolute atomic E-state index is 6.50. The quantitative estimate of drug-likeness (QED) is 0.238. The van der Waals surface area contributed by atoms with Crippen LogP contribution in [0.2, 0.25) is 0 Å². The van der Waals surface area contributed by atoms with E-state index in [4.69, 9.17) is 8.83 Å². The molecule has 0 spiro atoms. The summed E-state index contributed by atoms with van der Waals surface area (Å²) in [7, 11) is 0. The first-order valence-corrected chi connectivity index (χ1v) is 12.5. The molecular weight excluding hydrogens is 454 g/mol. The highest BCUT2D eigenvalue weighted by molar-refractivity contribution is 6.27. The number of fused-ring (bicyclic) bond motifs is 12. The van der Waals surface area contributed by atoms with Crippen LogP contribution in [-0.2, 0) is 0 Å². The first-order valence-electron chi connectivity index (χ1n) is 12.5. The van der Waals surface area contributed by atoms with Crippen molar-refractivity contribution in [3.63, 3.8) is 0 Å². The summed E-state index contributed by atoms with van der Waals surface area (Å²) < 4.78 is 15.1. The molecule has 0 bridgehead atoms. The van der Waals surface area contributed by atoms with Gasteiger partial charge in [-0.1, -0.05) is 78.9 Å². The second-order valence-electron chi connectivity index (χ2n) is 9.70. The standard InChI is InChI=1S/C34H19NO2/c1-4-12-27-20(8-1)23-17-16-22-24(18-19-31-32(22)26-10-3-6-15-30(26)36-31)33(23)35(27)28-13-7-11-25-21-9-2-5-14-29(21)37-34(25)28/h1-19H. The summed E-state index contributed by atoms with van der Waals surface area (Å²) in [5.41, 5.74) is 7.02. The van der Waals surface area contributed by atoms with Crippen LogP contribution in [0.25, 0.3) is 82.1 Å². The minimum absolute atomic E-state index is 0.901. The Morgan fingerprint density at radius 2 is 1.05 bits per heavy atom. The van der Waals surface area contributed by atoms with Crippen LogP contribution in [0, 0.1) is 0 Å². The van der Waals surface area contributed by atoms with Crippen molar-refractivity contribution in [2.45, 2.75) is 0 Å². The molecule has 3 nitrogen and oxygen atoms in total. The van der Waals surface area contributed by atoms with Crippen molar-refractivity contribution in [1.82, 2.24) is 4.57 Å². The van der Waals surface area contributed by atoms with E-state index < -0.39 is 0 Å². The van der Waals surface area contributed by atoms with Crippen LogP contribution >= 0.6 is 0 Å². The molecule has 0 fully saturated rings. The van der Waals surface area contributed by atoms with Gasteiger partial charge in [-0.2, -0.15) is 0 Å². The molecule has 0 saturated carbocycles. The minimum Gasteiger partial charge on any atom is -0.456 e. The van der Waals surface area contributed by atoms with Gasteiger partial charge in [0.25, 0.3) is 0 Å². The number of para-hydroxylation sites is 4. The van der Waals surface area contributed by atoms with Crippen LogP contribution in [0.3, 0.4) is 0 Å². The summed E-state index contributed by atoms with van der Waals surface area (Å²) in [6.45, 7) is 0. The van der Waals surface area contributed by atoms with Gasteiger partial charge in [0, 0.05) is 37.7 Å². The van der Waals surface area contributed by atoms with Crippen molar-refractivity contribution in [1.29, 1.82) is 0 Å². The number of nitrogens with zero attached hydrogens (tertiary/aromatic N) is 1. The van der Waals surface area contributed by atoms with Gasteiger partial charge in [-0.05, 0) is 41.8 Å². The predicted octanol–water partition coefficient (Wildman–Crippen LogP) is 9.74. The van der Waals surface area contributed by atoms with Gasteiger partial charge < -0.3 is 13.4 Å². The SMILES string of the molecule is c1ccc2c(c1)oc1c(-n3c4ccccc4c4ccc5c(ccc6oc7ccccc7c65)c43)cccc12. The molecule has 0 saturated heterocycles. The Morgan fingerprint density at radius 3 is 1.95 bits per heavy atom. The van der Waals surface area contributed by atoms with Crippen LogP contribution in [0.1, 0.15) is 0 Å². The van der Waals surface area contributed by atoms with Gasteiger partial charge in [0.15, 0.2) is 5.58 Å². The summed E-state index contributed by atoms with van der Waals surface area (Å²) >= 11 is 0. The average Bonchev–Trinajstić information content (AvgIpc) is 3.62. The molecule has 37 heavy (non-hydrogen) atoms. The lowest BCUT2D eigenvalue weighted by Crippen LogP contribution is -1.95. The highest BCUT2D eigenvalue weighted by Gasteiger charge is 2.20. The summed E-state index contributed by atoms with van der Waals surface area (Å²) in [6.07, 6.45) is 0. The molecule has 0 radical (unpaired) electrons. The third-order valence-corrected chi connectivity index (χ3v) is 7.79. The van der Waals surface area contributed by atoms with Gasteiger partial charge in [0.05, 0.1) is 16.7 Å². The molecule has 0 N–H and O–H groups in total. The molecule has 172 valence electrons. The molecule has 0 unspecified atom stereocenters. The highest BCUT2D eigenvalue weighted by atomic mass is 16.3. The Kier molecular flexibility index (Phi) is 3.53. The molecule has 6 aromatic carbocycles. The first-order chi connectivity index (χ1) is 18.4. The van der Waals surface area contributed by atoms with E-state index in [-0.39, 0.29) is 0 Å². The van der Waals surface area contributed by atoms with Crippen molar-refractivity contribution in [3.8, 4) is 5.69 Å². The number of furan rings is 2. The minimum atomic E-state index is 0.901. The molecular formula is C34H19NO2. The predicted molar refractivity (Wildman–Crippen MR) is 153 cm³/mol. The smallest absolute Gasteiger partial charge is 0.159 e. The maximum Gasteiger partial charge on any atom is 0.159 e. The number of rotatable bonds is 1. The van der Waals surface area contributed by atoms with Crippen molar-refractivity contribution < 1.29 is 8.83 Å². The molecule has 0 atom stereocenters. The molecule has 9 rings (SSSR count). The number of hydrogen-bond acceptors (Lipinski definition) is 2. The normalized spacial score (nSPS) is 12.3. The molecule has 9 aromatic rings. The van der Waals surface area contributed by atoms with Crippen LogP contribution in [0.4, 0.5) is 0 Å². The molecule has 0 aliphatic heterocycles. The van der Waals surface area contributed by atoms with E-state index in [1.54, 1.807) is 0 Å². The Bertz CT molecular complexity index is 2360. The van der Waals surface area contributed by atoms with E-state index in [9.17, 15) is 0 Å². The lowest BCUT2D eigenvalue weighted by Gasteiger charge is -2.11. The van der Waals surface area contributed by atoms with Gasteiger partial charge in [-0.3, -0.25) is 0 Å². The van der Waals surface area contributed by atoms with Gasteiger partial charge in [-0.25, -0.2) is 0 Å². The molecule has 3 aromatic heterocycles. The summed E-state index contributed by atoms with van der Waals surface area (Å²) in [5.74, 6) is 0. The first kappa shape index (κ1) is 19.2. The fourth-order valence-electron chi connectivity index (χ4n) is 6.25. The van der Waals surface area contributed by atoms with E-state index in [0.717, 1.165) is 55.1 Å². The van der Waals surface area contributed by atoms with Crippen LogP contribution in [0.15, 0.2) is 124 Å². The second kappa shape index (κ2) is 6.80. The fourth-order valence-corrected chi connectivity index (χ4v) is 6.25. The van der Waals surface area contributed by atoms with Gasteiger partial charge in [-0.15, -0.1) is 0 Å². The van der Waals surface area contributed by atoms with Crippen LogP contribution in [0.5, 0.6) is 0 Å². The van der Waals surface area contributed by atoms with Crippen molar-refractivity contribution in [3.05, 3.63) is 115 Å². The molecule has 0 amide bonds. The second-order valence-corrected chi connectivity index (χ2v) is 9.70. The third-order valence-electron chi connectivity index (χ3n) is 7.79. The van der Waals surface area contributed by atoms with E-state index in [0.29, 0.717) is 0 Å². The molecule has 3 heterocycles. The molecule has 0 aliphatic rings. The van der Waals surface area contributed by atoms with E-state index >= 15 is 0 Å². The van der Waals surface area contributed by atoms with Crippen molar-refractivity contribution >= 4 is 76.5 Å². The topological polar surface area (TPSA) is 31.2 Å². The highest BCUT2D eigenvalue weighted by Crippen LogP contribution is 2.43. The summed E-state index contributed by atoms with van der Waals surface area (Å²) in [5, 5.41) is 9.40. The zero-order valence-corrected chi connectivity index (χ0v) is 19.7. The number of hydrogen-bond donors (Lipinski definition) is 0. The fraction of sp³-hybridized carbons (Fsp3) is 0. The van der Waals surface area contributed by atoms with Crippen molar-refractivity contribution in [2.75, 3.05) is 0 Å². The lowest BCUT2D eigenvalue weighted by molar-refractivity contribution is 0.666. The maximum atomic E-state index is 6.50. The molecule has 3 heteroatoms. The lowest BCUT2D eigenvalue weighted by atomic mass is 10.0. The number of benzene rings is 6. The summed E-state index contributed by atoms with van der Waals surface area (Å²) in [4.78, 5) is 0. The van der Waals surface area contributed by atoms with E-state index in [2.05, 4.69) is 95.6 Å². The molecule has 0 aliphatic carbocycles. The van der Waals surface area contributed by atoms with Crippen LogP contribution in [-0.4, -0.2) is 4.57 Å². The third kappa shape index (κ3) is 2.41. The Hall–Kier alpha value is -5.02. The Balaban J connectivity index is 1.52. The largest absolute Gasteiger partial charge is 0.456 e. The monoisotopic (exact) mass is 473 g/mol. The van der Waals surface area contributed by atoms with Gasteiger partial charge in [0.1, 0.15) is 16.7 Å².